The first kappa shape index (κ1) is 29.6. The zero-order valence-electron chi connectivity index (χ0n) is 24.7. The van der Waals surface area contributed by atoms with E-state index in [4.69, 9.17) is 9.47 Å². The van der Waals surface area contributed by atoms with E-state index in [2.05, 4.69) is 72.3 Å². The van der Waals surface area contributed by atoms with Crippen LogP contribution in [0.2, 0.25) is 0 Å². The van der Waals surface area contributed by atoms with Crippen LogP contribution < -0.4 is 25.9 Å². The molecular weight excluding hydrogens is 719 g/mol. The van der Waals surface area contributed by atoms with Gasteiger partial charge in [0.2, 0.25) is 6.71 Å². The summed E-state index contributed by atoms with van der Waals surface area (Å²) in [7, 11) is 0. The maximum absolute atomic E-state index is 6.47. The van der Waals surface area contributed by atoms with Crippen LogP contribution in [0.25, 0.3) is 22.5 Å². The molecule has 2 aromatic heterocycles. The molecule has 6 aromatic rings. The van der Waals surface area contributed by atoms with E-state index in [1.54, 1.807) is 0 Å². The number of aromatic nitrogens is 2. The fourth-order valence-corrected chi connectivity index (χ4v) is 5.66. The van der Waals surface area contributed by atoms with Gasteiger partial charge in [-0.25, -0.2) is 0 Å². The maximum Gasteiger partial charge on any atom is 0.241 e. The van der Waals surface area contributed by atoms with E-state index in [0.717, 1.165) is 61.9 Å². The first-order valence-electron chi connectivity index (χ1n) is 14.5. The monoisotopic (exact) mass is 749 g/mol. The Bertz CT molecular complexity index is 1930. The quantitative estimate of drug-likeness (QED) is 0.141. The summed E-state index contributed by atoms with van der Waals surface area (Å²) < 4.78 is 12.7. The van der Waals surface area contributed by atoms with Crippen LogP contribution in [-0.4, -0.2) is 16.7 Å². The SMILES string of the molecule is CC(C)c1ccnc(-c2[c-]ccc3c2Oc2cccc4c2B3c2ccccc2O4)c1.Cc1ccc(-c2[c-]cccc2)nc1.[Ir]. The van der Waals surface area contributed by atoms with Crippen LogP contribution in [0.3, 0.4) is 0 Å². The Hall–Kier alpha value is -4.51. The second-order valence-electron chi connectivity index (χ2n) is 11.1. The summed E-state index contributed by atoms with van der Waals surface area (Å²) in [4.78, 5) is 8.96. The topological polar surface area (TPSA) is 44.2 Å². The summed E-state index contributed by atoms with van der Waals surface area (Å²) in [6, 6.07) is 41.0. The van der Waals surface area contributed by atoms with Gasteiger partial charge in [-0.15, -0.1) is 59.6 Å². The smallest absolute Gasteiger partial charge is 0.241 e. The first-order chi connectivity index (χ1) is 21.1. The Morgan fingerprint density at radius 3 is 2.27 bits per heavy atom. The van der Waals surface area contributed by atoms with Crippen molar-refractivity contribution in [3.63, 3.8) is 0 Å². The molecule has 0 atom stereocenters. The molecule has 8 rings (SSSR count). The van der Waals surface area contributed by atoms with Crippen LogP contribution in [0.5, 0.6) is 23.0 Å². The van der Waals surface area contributed by atoms with Gasteiger partial charge in [0, 0.05) is 43.7 Å². The van der Waals surface area contributed by atoms with E-state index in [1.807, 2.05) is 86.0 Å². The van der Waals surface area contributed by atoms with Gasteiger partial charge >= 0.3 is 0 Å². The van der Waals surface area contributed by atoms with Gasteiger partial charge in [0.1, 0.15) is 17.2 Å². The van der Waals surface area contributed by atoms with E-state index < -0.39 is 0 Å². The summed E-state index contributed by atoms with van der Waals surface area (Å²) >= 11 is 0. The van der Waals surface area contributed by atoms with E-state index in [9.17, 15) is 0 Å². The molecule has 0 unspecified atom stereocenters. The van der Waals surface area contributed by atoms with Crippen LogP contribution in [-0.2, 0) is 20.1 Å². The number of hydrogen-bond acceptors (Lipinski definition) is 4. The Morgan fingerprint density at radius 1 is 0.705 bits per heavy atom. The molecular formula is C38H29BIrN2O2-2. The summed E-state index contributed by atoms with van der Waals surface area (Å²) in [6.07, 6.45) is 3.74. The molecule has 1 radical (unpaired) electrons. The molecule has 2 aliphatic heterocycles. The number of fused-ring (bicyclic) bond motifs is 4. The molecule has 0 N–H and O–H groups in total. The zero-order valence-corrected chi connectivity index (χ0v) is 27.1. The maximum atomic E-state index is 6.47. The molecule has 0 fully saturated rings. The van der Waals surface area contributed by atoms with Gasteiger partial charge < -0.3 is 19.4 Å². The number of pyridine rings is 2. The number of aryl methyl sites for hydroxylation is 1. The Labute approximate surface area is 272 Å². The molecule has 2 aliphatic rings. The van der Waals surface area contributed by atoms with Crippen LogP contribution >= 0.6 is 0 Å². The first-order valence-corrected chi connectivity index (χ1v) is 14.5. The van der Waals surface area contributed by atoms with E-state index in [1.165, 1.54) is 11.1 Å². The number of hydrogen-bond donors (Lipinski definition) is 0. The largest absolute Gasteiger partial charge is 0.503 e. The summed E-state index contributed by atoms with van der Waals surface area (Å²) in [5.74, 6) is 3.85. The van der Waals surface area contributed by atoms with Crippen molar-refractivity contribution >= 4 is 23.1 Å². The van der Waals surface area contributed by atoms with Gasteiger partial charge in [0.15, 0.2) is 0 Å². The normalized spacial score (nSPS) is 11.9. The molecule has 4 nitrogen and oxygen atoms in total. The Balaban J connectivity index is 0.000000207. The number of benzene rings is 4. The molecule has 217 valence electrons. The Kier molecular flexibility index (Phi) is 8.48. The van der Waals surface area contributed by atoms with Crippen LogP contribution in [0.4, 0.5) is 0 Å². The molecule has 0 spiro atoms. The van der Waals surface area contributed by atoms with Crippen LogP contribution in [0.15, 0.2) is 116 Å². The van der Waals surface area contributed by atoms with E-state index in [0.29, 0.717) is 5.92 Å². The summed E-state index contributed by atoms with van der Waals surface area (Å²) in [6.45, 7) is 6.48. The van der Waals surface area contributed by atoms with Crippen molar-refractivity contribution in [3.05, 3.63) is 139 Å². The van der Waals surface area contributed by atoms with E-state index >= 15 is 0 Å². The van der Waals surface area contributed by atoms with Gasteiger partial charge in [-0.05, 0) is 59.5 Å². The van der Waals surface area contributed by atoms with Crippen LogP contribution in [0, 0.1) is 19.1 Å². The second kappa shape index (κ2) is 12.6. The van der Waals surface area contributed by atoms with Gasteiger partial charge in [-0.1, -0.05) is 67.4 Å². The van der Waals surface area contributed by atoms with Crippen LogP contribution in [0.1, 0.15) is 30.9 Å². The second-order valence-corrected chi connectivity index (χ2v) is 11.1. The fraction of sp³-hybridized carbons (Fsp3) is 0.105. The molecule has 44 heavy (non-hydrogen) atoms. The molecule has 4 heterocycles. The zero-order chi connectivity index (χ0) is 29.3. The molecule has 0 bridgehead atoms. The Morgan fingerprint density at radius 2 is 1.50 bits per heavy atom. The number of ether oxygens (including phenoxy) is 2. The number of nitrogens with zero attached hydrogens (tertiary/aromatic N) is 2. The predicted molar refractivity (Wildman–Crippen MR) is 174 cm³/mol. The fourth-order valence-electron chi connectivity index (χ4n) is 5.66. The molecule has 0 aliphatic carbocycles. The molecule has 0 amide bonds. The third kappa shape index (κ3) is 5.59. The third-order valence-electron chi connectivity index (χ3n) is 7.87. The third-order valence-corrected chi connectivity index (χ3v) is 7.87. The van der Waals surface area contributed by atoms with Crippen molar-refractivity contribution in [1.82, 2.24) is 9.97 Å². The predicted octanol–water partition coefficient (Wildman–Crippen LogP) is 7.25. The molecule has 6 heteroatoms. The summed E-state index contributed by atoms with van der Waals surface area (Å²) in [5, 5.41) is 0. The van der Waals surface area contributed by atoms with Gasteiger partial charge in [-0.3, -0.25) is 0 Å². The van der Waals surface area contributed by atoms with Crippen molar-refractivity contribution in [2.75, 3.05) is 0 Å². The van der Waals surface area contributed by atoms with Crippen molar-refractivity contribution in [2.45, 2.75) is 26.7 Å². The molecule has 4 aromatic carbocycles. The standard InChI is InChI=1S/C26H19BNO2.C12H10N.Ir/c1-16(2)17-13-14-28-21(15-17)18-7-5-9-20-26(18)30-24-12-6-11-23-25(24)27(20)19-8-3-4-10-22(19)29-23;1-10-7-8-12(13-9-10)11-5-3-2-4-6-11;/h3-6,8-16H,1-2H3;2-5,7-9H,1H3;/q2*-1;. The summed E-state index contributed by atoms with van der Waals surface area (Å²) in [5.41, 5.74) is 9.60. The number of rotatable bonds is 3. The minimum atomic E-state index is 0. The van der Waals surface area contributed by atoms with Gasteiger partial charge in [0.25, 0.3) is 0 Å². The molecule has 0 saturated heterocycles. The van der Waals surface area contributed by atoms with Crippen molar-refractivity contribution in [2.24, 2.45) is 0 Å². The van der Waals surface area contributed by atoms with Gasteiger partial charge in [-0.2, -0.15) is 0 Å². The van der Waals surface area contributed by atoms with Crippen molar-refractivity contribution < 1.29 is 29.6 Å². The minimum Gasteiger partial charge on any atom is -0.503 e. The average Bonchev–Trinajstić information content (AvgIpc) is 3.05. The van der Waals surface area contributed by atoms with Crippen molar-refractivity contribution in [1.29, 1.82) is 0 Å². The minimum absolute atomic E-state index is 0. The average molecular weight is 749 g/mol. The van der Waals surface area contributed by atoms with E-state index in [-0.39, 0.29) is 26.8 Å². The van der Waals surface area contributed by atoms with Crippen molar-refractivity contribution in [3.8, 4) is 45.5 Å². The molecule has 0 saturated carbocycles. The van der Waals surface area contributed by atoms with Gasteiger partial charge in [0.05, 0.1) is 0 Å². The number of para-hydroxylation sites is 1.